The zero-order valence-corrected chi connectivity index (χ0v) is 19.1. The third-order valence-electron chi connectivity index (χ3n) is 4.97. The Labute approximate surface area is 185 Å². The minimum atomic E-state index is -0.824. The predicted molar refractivity (Wildman–Crippen MR) is 123 cm³/mol. The molecule has 0 aromatic heterocycles. The van der Waals surface area contributed by atoms with Crippen molar-refractivity contribution in [2.24, 2.45) is 0 Å². The Kier molecular flexibility index (Phi) is 7.24. The highest BCUT2D eigenvalue weighted by molar-refractivity contribution is 9.10. The van der Waals surface area contributed by atoms with Crippen LogP contribution >= 0.6 is 15.9 Å². The van der Waals surface area contributed by atoms with Gasteiger partial charge < -0.3 is 24.6 Å². The summed E-state index contributed by atoms with van der Waals surface area (Å²) >= 11 is 3.56. The smallest absolute Gasteiger partial charge is 0.133 e. The molecule has 0 spiro atoms. The summed E-state index contributed by atoms with van der Waals surface area (Å²) in [5, 5.41) is 14.6. The van der Waals surface area contributed by atoms with Crippen LogP contribution in [0.4, 0.5) is 5.69 Å². The van der Waals surface area contributed by atoms with Crippen LogP contribution in [0.2, 0.25) is 0 Å². The molecule has 0 radical (unpaired) electrons. The molecule has 0 aliphatic carbocycles. The van der Waals surface area contributed by atoms with Gasteiger partial charge in [-0.15, -0.1) is 0 Å². The molecule has 5 nitrogen and oxygen atoms in total. The number of ether oxygens (including phenoxy) is 3. The molecule has 0 amide bonds. The number of hydrogen-bond donors (Lipinski definition) is 2. The molecule has 30 heavy (non-hydrogen) atoms. The van der Waals surface area contributed by atoms with E-state index in [4.69, 9.17) is 14.2 Å². The number of aryl methyl sites for hydroxylation is 1. The zero-order chi connectivity index (χ0) is 21.7. The number of aliphatic hydroxyl groups excluding tert-OH is 1. The molecule has 0 aliphatic heterocycles. The lowest BCUT2D eigenvalue weighted by Crippen LogP contribution is -2.09. The third-order valence-corrected chi connectivity index (χ3v) is 5.82. The Hall–Kier alpha value is -2.70. The fourth-order valence-electron chi connectivity index (χ4n) is 3.32. The molecule has 0 saturated carbocycles. The van der Waals surface area contributed by atoms with Crippen molar-refractivity contribution in [3.63, 3.8) is 0 Å². The Balaban J connectivity index is 1.91. The summed E-state index contributed by atoms with van der Waals surface area (Å²) in [6.45, 7) is 2.54. The molecule has 3 rings (SSSR count). The van der Waals surface area contributed by atoms with Crippen LogP contribution in [0.25, 0.3) is 0 Å². The van der Waals surface area contributed by atoms with Gasteiger partial charge in [0.05, 0.1) is 25.8 Å². The first-order valence-electron chi connectivity index (χ1n) is 9.54. The average molecular weight is 472 g/mol. The third kappa shape index (κ3) is 4.71. The van der Waals surface area contributed by atoms with Crippen LogP contribution in [-0.4, -0.2) is 26.4 Å². The fourth-order valence-corrected chi connectivity index (χ4v) is 3.96. The van der Waals surface area contributed by atoms with E-state index >= 15 is 0 Å². The minimum absolute atomic E-state index is 0.537. The van der Waals surface area contributed by atoms with E-state index in [0.29, 0.717) is 12.3 Å². The van der Waals surface area contributed by atoms with E-state index in [9.17, 15) is 5.11 Å². The summed E-state index contributed by atoms with van der Waals surface area (Å²) in [7, 11) is 4.88. The summed E-state index contributed by atoms with van der Waals surface area (Å²) in [6, 6.07) is 17.3. The lowest BCUT2D eigenvalue weighted by molar-refractivity contribution is 0.219. The summed E-state index contributed by atoms with van der Waals surface area (Å²) in [5.41, 5.74) is 4.43. The van der Waals surface area contributed by atoms with Gasteiger partial charge in [-0.25, -0.2) is 0 Å². The van der Waals surface area contributed by atoms with Gasteiger partial charge in [-0.1, -0.05) is 29.8 Å². The van der Waals surface area contributed by atoms with Crippen molar-refractivity contribution >= 4 is 21.6 Å². The number of methoxy groups -OCH3 is 3. The molecule has 6 heteroatoms. The van der Waals surface area contributed by atoms with Gasteiger partial charge in [0.1, 0.15) is 23.4 Å². The second-order valence-electron chi connectivity index (χ2n) is 6.89. The van der Waals surface area contributed by atoms with Gasteiger partial charge in [0.2, 0.25) is 0 Å². The molecule has 0 fully saturated rings. The summed E-state index contributed by atoms with van der Waals surface area (Å²) in [6.07, 6.45) is -0.824. The topological polar surface area (TPSA) is 60.0 Å². The standard InChI is InChI=1S/C24H26BrNO4/c1-15-8-11-20(26-14-16-9-10-17(28-2)13-22(16)30-4)19(12-15)24(27)18-6-5-7-21(29-3)23(18)25/h5-13,24,26-27H,14H2,1-4H3. The van der Waals surface area contributed by atoms with Crippen LogP contribution in [0.1, 0.15) is 28.4 Å². The Morgan fingerprint density at radius 3 is 2.37 bits per heavy atom. The largest absolute Gasteiger partial charge is 0.497 e. The van der Waals surface area contributed by atoms with Crippen molar-refractivity contribution in [1.82, 2.24) is 0 Å². The molecular formula is C24H26BrNO4. The Morgan fingerprint density at radius 1 is 0.900 bits per heavy atom. The lowest BCUT2D eigenvalue weighted by Gasteiger charge is -2.20. The first kappa shape index (κ1) is 22.0. The van der Waals surface area contributed by atoms with Crippen molar-refractivity contribution in [2.75, 3.05) is 26.6 Å². The lowest BCUT2D eigenvalue weighted by atomic mass is 9.97. The number of hydrogen-bond acceptors (Lipinski definition) is 5. The van der Waals surface area contributed by atoms with Crippen molar-refractivity contribution in [2.45, 2.75) is 19.6 Å². The van der Waals surface area contributed by atoms with Gasteiger partial charge in [-0.05, 0) is 47.1 Å². The van der Waals surface area contributed by atoms with Crippen LogP contribution in [-0.2, 0) is 6.54 Å². The number of halogens is 1. The number of benzene rings is 3. The highest BCUT2D eigenvalue weighted by Gasteiger charge is 2.20. The van der Waals surface area contributed by atoms with Gasteiger partial charge in [-0.3, -0.25) is 0 Å². The second kappa shape index (κ2) is 9.87. The van der Waals surface area contributed by atoms with E-state index in [1.54, 1.807) is 21.3 Å². The first-order chi connectivity index (χ1) is 14.5. The molecule has 2 N–H and O–H groups in total. The number of aliphatic hydroxyl groups is 1. The van der Waals surface area contributed by atoms with Gasteiger partial charge in [-0.2, -0.15) is 0 Å². The molecule has 0 heterocycles. The second-order valence-corrected chi connectivity index (χ2v) is 7.68. The van der Waals surface area contributed by atoms with Crippen molar-refractivity contribution in [1.29, 1.82) is 0 Å². The van der Waals surface area contributed by atoms with Crippen LogP contribution in [0.3, 0.4) is 0 Å². The van der Waals surface area contributed by atoms with Crippen LogP contribution in [0.15, 0.2) is 59.1 Å². The maximum absolute atomic E-state index is 11.2. The van der Waals surface area contributed by atoms with E-state index in [1.807, 2.05) is 61.5 Å². The van der Waals surface area contributed by atoms with Crippen LogP contribution < -0.4 is 19.5 Å². The average Bonchev–Trinajstić information content (AvgIpc) is 2.77. The highest BCUT2D eigenvalue weighted by atomic mass is 79.9. The predicted octanol–water partition coefficient (Wildman–Crippen LogP) is 5.48. The highest BCUT2D eigenvalue weighted by Crippen LogP contribution is 2.37. The number of nitrogens with one attached hydrogen (secondary N) is 1. The molecular weight excluding hydrogens is 446 g/mol. The van der Waals surface area contributed by atoms with Crippen LogP contribution in [0, 0.1) is 6.92 Å². The molecule has 1 unspecified atom stereocenters. The molecule has 3 aromatic carbocycles. The van der Waals surface area contributed by atoms with Gasteiger partial charge in [0.25, 0.3) is 0 Å². The summed E-state index contributed by atoms with van der Waals surface area (Å²) < 4.78 is 16.9. The van der Waals surface area contributed by atoms with Crippen molar-refractivity contribution in [3.05, 3.63) is 81.3 Å². The SMILES string of the molecule is COc1ccc(CNc2ccc(C)cc2C(O)c2cccc(OC)c2Br)c(OC)c1. The number of anilines is 1. The van der Waals surface area contributed by atoms with Crippen LogP contribution in [0.5, 0.6) is 17.2 Å². The maximum atomic E-state index is 11.2. The minimum Gasteiger partial charge on any atom is -0.497 e. The fraction of sp³-hybridized carbons (Fsp3) is 0.250. The zero-order valence-electron chi connectivity index (χ0n) is 17.5. The first-order valence-corrected chi connectivity index (χ1v) is 10.3. The van der Waals surface area contributed by atoms with Crippen molar-refractivity contribution < 1.29 is 19.3 Å². The number of rotatable bonds is 8. The van der Waals surface area contributed by atoms with Crippen molar-refractivity contribution in [3.8, 4) is 17.2 Å². The molecule has 1 atom stereocenters. The maximum Gasteiger partial charge on any atom is 0.133 e. The van der Waals surface area contributed by atoms with E-state index in [0.717, 1.165) is 43.9 Å². The van der Waals surface area contributed by atoms with E-state index in [-0.39, 0.29) is 0 Å². The normalized spacial score (nSPS) is 11.7. The molecule has 0 saturated heterocycles. The Morgan fingerprint density at radius 2 is 1.67 bits per heavy atom. The summed E-state index contributed by atoms with van der Waals surface area (Å²) in [5.74, 6) is 2.16. The van der Waals surface area contributed by atoms with E-state index in [2.05, 4.69) is 21.2 Å². The Bertz CT molecular complexity index is 1020. The van der Waals surface area contributed by atoms with Gasteiger partial charge in [0, 0.05) is 35.0 Å². The van der Waals surface area contributed by atoms with Gasteiger partial charge >= 0.3 is 0 Å². The molecule has 0 bridgehead atoms. The quantitative estimate of drug-likeness (QED) is 0.455. The molecule has 3 aromatic rings. The molecule has 0 aliphatic rings. The van der Waals surface area contributed by atoms with E-state index in [1.165, 1.54) is 0 Å². The molecule has 158 valence electrons. The van der Waals surface area contributed by atoms with Gasteiger partial charge in [0.15, 0.2) is 0 Å². The van der Waals surface area contributed by atoms with E-state index < -0.39 is 6.10 Å². The summed E-state index contributed by atoms with van der Waals surface area (Å²) in [4.78, 5) is 0. The monoisotopic (exact) mass is 471 g/mol.